The second kappa shape index (κ2) is 6.72. The molecule has 1 aromatic rings. The molecule has 0 bridgehead atoms. The molecule has 0 saturated carbocycles. The molecule has 1 aliphatic rings. The molecular formula is C15H21N3O4. The van der Waals surface area contributed by atoms with E-state index >= 15 is 0 Å². The van der Waals surface area contributed by atoms with Crippen LogP contribution in [0.1, 0.15) is 33.6 Å². The van der Waals surface area contributed by atoms with Gasteiger partial charge in [-0.2, -0.15) is 5.10 Å². The average molecular weight is 307 g/mol. The molecule has 0 aromatic carbocycles. The van der Waals surface area contributed by atoms with E-state index in [9.17, 15) is 9.59 Å². The SMILES string of the molecule is CC(=O)OC(C)(C)C(=O)N1CCCC(Oc2cccnn2)C1. The molecule has 1 aliphatic heterocycles. The van der Waals surface area contributed by atoms with E-state index in [2.05, 4.69) is 10.2 Å². The van der Waals surface area contributed by atoms with Gasteiger partial charge in [-0.05, 0) is 32.8 Å². The summed E-state index contributed by atoms with van der Waals surface area (Å²) in [5.74, 6) is -0.237. The lowest BCUT2D eigenvalue weighted by atomic mass is 10.0. The second-order valence-electron chi connectivity index (χ2n) is 5.80. The lowest BCUT2D eigenvalue weighted by Gasteiger charge is -2.36. The number of hydrogen-bond donors (Lipinski definition) is 0. The number of carbonyl (C=O) groups is 2. The van der Waals surface area contributed by atoms with Crippen LogP contribution in [0.3, 0.4) is 0 Å². The summed E-state index contributed by atoms with van der Waals surface area (Å²) in [5, 5.41) is 7.65. The fourth-order valence-electron chi connectivity index (χ4n) is 2.52. The van der Waals surface area contributed by atoms with Crippen LogP contribution >= 0.6 is 0 Å². The van der Waals surface area contributed by atoms with Crippen molar-refractivity contribution in [1.29, 1.82) is 0 Å². The first kappa shape index (κ1) is 16.2. The first-order chi connectivity index (χ1) is 10.4. The van der Waals surface area contributed by atoms with Gasteiger partial charge in [0.05, 0.1) is 6.54 Å². The van der Waals surface area contributed by atoms with Gasteiger partial charge in [-0.1, -0.05) is 0 Å². The summed E-state index contributed by atoms with van der Waals surface area (Å²) in [7, 11) is 0. The van der Waals surface area contributed by atoms with Crippen molar-refractivity contribution < 1.29 is 19.1 Å². The van der Waals surface area contributed by atoms with E-state index in [0.29, 0.717) is 19.0 Å². The van der Waals surface area contributed by atoms with Crippen molar-refractivity contribution in [3.8, 4) is 5.88 Å². The summed E-state index contributed by atoms with van der Waals surface area (Å²) in [6, 6.07) is 3.48. The number of ether oxygens (including phenoxy) is 2. The van der Waals surface area contributed by atoms with E-state index in [0.717, 1.165) is 12.8 Å². The number of likely N-dealkylation sites (tertiary alicyclic amines) is 1. The zero-order chi connectivity index (χ0) is 16.2. The van der Waals surface area contributed by atoms with E-state index in [1.165, 1.54) is 6.92 Å². The highest BCUT2D eigenvalue weighted by Crippen LogP contribution is 2.21. The Morgan fingerprint density at radius 1 is 1.41 bits per heavy atom. The van der Waals surface area contributed by atoms with Crippen LogP contribution in [0, 0.1) is 0 Å². The van der Waals surface area contributed by atoms with Gasteiger partial charge in [-0.15, -0.1) is 5.10 Å². The molecule has 1 amide bonds. The van der Waals surface area contributed by atoms with Crippen LogP contribution in [0.4, 0.5) is 0 Å². The Kier molecular flexibility index (Phi) is 4.95. The zero-order valence-electron chi connectivity index (χ0n) is 13.1. The number of nitrogens with zero attached hydrogens (tertiary/aromatic N) is 3. The Balaban J connectivity index is 1.98. The molecule has 7 heteroatoms. The minimum atomic E-state index is -1.17. The minimum absolute atomic E-state index is 0.137. The monoisotopic (exact) mass is 307 g/mol. The van der Waals surface area contributed by atoms with Crippen LogP contribution in [0.2, 0.25) is 0 Å². The van der Waals surface area contributed by atoms with Gasteiger partial charge < -0.3 is 14.4 Å². The largest absolute Gasteiger partial charge is 0.471 e. The summed E-state index contributed by atoms with van der Waals surface area (Å²) in [6.45, 7) is 5.57. The summed E-state index contributed by atoms with van der Waals surface area (Å²) in [5.41, 5.74) is -1.17. The van der Waals surface area contributed by atoms with Gasteiger partial charge >= 0.3 is 5.97 Å². The van der Waals surface area contributed by atoms with Crippen molar-refractivity contribution in [1.82, 2.24) is 15.1 Å². The lowest BCUT2D eigenvalue weighted by molar-refractivity contribution is -0.169. The number of amides is 1. The molecule has 1 fully saturated rings. The maximum absolute atomic E-state index is 12.5. The quantitative estimate of drug-likeness (QED) is 0.777. The van der Waals surface area contributed by atoms with Crippen LogP contribution in [-0.4, -0.2) is 51.8 Å². The molecule has 22 heavy (non-hydrogen) atoms. The molecule has 0 radical (unpaired) electrons. The smallest absolute Gasteiger partial charge is 0.303 e. The molecule has 1 aromatic heterocycles. The third-order valence-corrected chi connectivity index (χ3v) is 3.41. The highest BCUT2D eigenvalue weighted by atomic mass is 16.6. The molecule has 7 nitrogen and oxygen atoms in total. The van der Waals surface area contributed by atoms with Gasteiger partial charge in [0, 0.05) is 25.7 Å². The van der Waals surface area contributed by atoms with E-state index < -0.39 is 11.6 Å². The van der Waals surface area contributed by atoms with E-state index in [1.54, 1.807) is 37.1 Å². The highest BCUT2D eigenvalue weighted by molar-refractivity contribution is 5.86. The molecule has 2 heterocycles. The summed E-state index contributed by atoms with van der Waals surface area (Å²) in [6.07, 6.45) is 3.11. The molecule has 0 spiro atoms. The van der Waals surface area contributed by atoms with E-state index in [4.69, 9.17) is 9.47 Å². The number of piperidine rings is 1. The van der Waals surface area contributed by atoms with Crippen molar-refractivity contribution in [3.63, 3.8) is 0 Å². The van der Waals surface area contributed by atoms with Crippen LogP contribution in [0.15, 0.2) is 18.3 Å². The van der Waals surface area contributed by atoms with Crippen LogP contribution < -0.4 is 4.74 Å². The first-order valence-electron chi connectivity index (χ1n) is 7.32. The third-order valence-electron chi connectivity index (χ3n) is 3.41. The minimum Gasteiger partial charge on any atom is -0.471 e. The molecule has 2 rings (SSSR count). The lowest BCUT2D eigenvalue weighted by Crippen LogP contribution is -2.53. The molecule has 1 atom stereocenters. The van der Waals surface area contributed by atoms with Crippen LogP contribution in [0.25, 0.3) is 0 Å². The Morgan fingerprint density at radius 2 is 2.18 bits per heavy atom. The summed E-state index contributed by atoms with van der Waals surface area (Å²) >= 11 is 0. The number of carbonyl (C=O) groups excluding carboxylic acids is 2. The molecule has 0 N–H and O–H groups in total. The van der Waals surface area contributed by atoms with Crippen LogP contribution in [0.5, 0.6) is 5.88 Å². The molecule has 1 saturated heterocycles. The normalized spacial score (nSPS) is 18.7. The Labute approximate surface area is 129 Å². The Hall–Kier alpha value is -2.18. The van der Waals surface area contributed by atoms with Gasteiger partial charge in [0.1, 0.15) is 6.10 Å². The van der Waals surface area contributed by atoms with Gasteiger partial charge in [0.2, 0.25) is 5.88 Å². The molecular weight excluding hydrogens is 286 g/mol. The van der Waals surface area contributed by atoms with E-state index in [-0.39, 0.29) is 12.0 Å². The van der Waals surface area contributed by atoms with Crippen molar-refractivity contribution in [2.24, 2.45) is 0 Å². The van der Waals surface area contributed by atoms with Crippen LogP contribution in [-0.2, 0) is 14.3 Å². The maximum atomic E-state index is 12.5. The number of esters is 1. The van der Waals surface area contributed by atoms with Crippen molar-refractivity contribution in [2.75, 3.05) is 13.1 Å². The molecule has 0 aliphatic carbocycles. The third kappa shape index (κ3) is 4.16. The average Bonchev–Trinajstić information content (AvgIpc) is 2.46. The molecule has 120 valence electrons. The highest BCUT2D eigenvalue weighted by Gasteiger charge is 2.37. The number of hydrogen-bond acceptors (Lipinski definition) is 6. The van der Waals surface area contributed by atoms with E-state index in [1.807, 2.05) is 0 Å². The number of aromatic nitrogens is 2. The fraction of sp³-hybridized carbons (Fsp3) is 0.600. The zero-order valence-corrected chi connectivity index (χ0v) is 13.1. The maximum Gasteiger partial charge on any atom is 0.303 e. The van der Waals surface area contributed by atoms with Crippen molar-refractivity contribution >= 4 is 11.9 Å². The van der Waals surface area contributed by atoms with Gasteiger partial charge in [0.15, 0.2) is 5.60 Å². The van der Waals surface area contributed by atoms with Gasteiger partial charge in [-0.3, -0.25) is 9.59 Å². The van der Waals surface area contributed by atoms with Crippen molar-refractivity contribution in [3.05, 3.63) is 18.3 Å². The summed E-state index contributed by atoms with van der Waals surface area (Å²) in [4.78, 5) is 25.3. The van der Waals surface area contributed by atoms with Gasteiger partial charge in [-0.25, -0.2) is 0 Å². The first-order valence-corrected chi connectivity index (χ1v) is 7.32. The Bertz CT molecular complexity index is 533. The molecule has 1 unspecified atom stereocenters. The fourth-order valence-corrected chi connectivity index (χ4v) is 2.52. The predicted octanol–water partition coefficient (Wildman–Crippen LogP) is 1.19. The Morgan fingerprint density at radius 3 is 2.82 bits per heavy atom. The summed E-state index contributed by atoms with van der Waals surface area (Å²) < 4.78 is 10.9. The second-order valence-corrected chi connectivity index (χ2v) is 5.80. The predicted molar refractivity (Wildman–Crippen MR) is 78.1 cm³/mol. The topological polar surface area (TPSA) is 81.6 Å². The standard InChI is InChI=1S/C15H21N3O4/c1-11(19)22-15(2,3)14(20)18-9-5-6-12(10-18)21-13-7-4-8-16-17-13/h4,7-8,12H,5-6,9-10H2,1-3H3. The van der Waals surface area contributed by atoms with Gasteiger partial charge in [0.25, 0.3) is 5.91 Å². The van der Waals surface area contributed by atoms with Crippen molar-refractivity contribution in [2.45, 2.75) is 45.3 Å². The number of rotatable bonds is 4.